The first-order chi connectivity index (χ1) is 17.4. The van der Waals surface area contributed by atoms with Crippen LogP contribution in [0.4, 0.5) is 0 Å². The Hall–Kier alpha value is -0.400. The summed E-state index contributed by atoms with van der Waals surface area (Å²) in [7, 11) is 0. The van der Waals surface area contributed by atoms with Gasteiger partial charge in [0, 0.05) is 21.7 Å². The third kappa shape index (κ3) is 9.41. The molecular weight excluding hydrogens is 472 g/mol. The highest BCUT2D eigenvalue weighted by Gasteiger charge is 2.38. The second-order valence-electron chi connectivity index (χ2n) is 11.6. The van der Waals surface area contributed by atoms with Crippen molar-refractivity contribution < 1.29 is 47.4 Å². The van der Waals surface area contributed by atoms with Gasteiger partial charge in [-0.1, -0.05) is 27.7 Å². The first kappa shape index (κ1) is 30.1. The minimum atomic E-state index is 0.182. The van der Waals surface area contributed by atoms with E-state index in [1.54, 1.807) is 0 Å². The van der Waals surface area contributed by atoms with Crippen LogP contribution in [0, 0.1) is 21.7 Å². The second-order valence-corrected chi connectivity index (χ2v) is 11.6. The summed E-state index contributed by atoms with van der Waals surface area (Å²) in [5.41, 5.74) is 0.807. The molecule has 4 aliphatic rings. The average molecular weight is 521 g/mol. The first-order valence-electron chi connectivity index (χ1n) is 13.1. The van der Waals surface area contributed by atoms with E-state index >= 15 is 0 Å². The third-order valence-electron chi connectivity index (χ3n) is 7.32. The van der Waals surface area contributed by atoms with Crippen molar-refractivity contribution in [3.8, 4) is 0 Å². The lowest BCUT2D eigenvalue weighted by molar-refractivity contribution is -0.207. The van der Waals surface area contributed by atoms with Gasteiger partial charge in [0.1, 0.15) is 27.2 Å². The quantitative estimate of drug-likeness (QED) is 0.198. The molecule has 4 rings (SSSR count). The topological polar surface area (TPSA) is 92.3 Å². The molecule has 0 aliphatic carbocycles. The maximum Gasteiger partial charge on any atom is 0.149 e. The van der Waals surface area contributed by atoms with Gasteiger partial charge in [-0.3, -0.25) is 0 Å². The summed E-state index contributed by atoms with van der Waals surface area (Å²) >= 11 is 0. The molecule has 0 unspecified atom stereocenters. The molecule has 0 saturated carbocycles. The molecule has 0 bridgehead atoms. The first-order valence-corrected chi connectivity index (χ1v) is 13.1. The Morgan fingerprint density at radius 1 is 0.444 bits per heavy atom. The number of hydrogen-bond donors (Lipinski definition) is 0. The number of hydrogen-bond acceptors (Lipinski definition) is 10. The fourth-order valence-electron chi connectivity index (χ4n) is 4.02. The minimum absolute atomic E-state index is 0.182. The van der Waals surface area contributed by atoms with Gasteiger partial charge < -0.3 is 47.4 Å². The molecule has 10 heteroatoms. The van der Waals surface area contributed by atoms with Crippen LogP contribution in [-0.2, 0) is 47.4 Å². The lowest BCUT2D eigenvalue weighted by atomic mass is 9.84. The van der Waals surface area contributed by atoms with Gasteiger partial charge in [-0.05, 0) is 12.8 Å². The van der Waals surface area contributed by atoms with Gasteiger partial charge in [0.2, 0.25) is 0 Å². The van der Waals surface area contributed by atoms with Crippen molar-refractivity contribution in [3.05, 3.63) is 0 Å². The van der Waals surface area contributed by atoms with Crippen LogP contribution in [0.1, 0.15) is 40.5 Å². The maximum absolute atomic E-state index is 5.52. The van der Waals surface area contributed by atoms with E-state index in [9.17, 15) is 0 Å². The normalized spacial score (nSPS) is 24.3. The highest BCUT2D eigenvalue weighted by atomic mass is 16.7. The van der Waals surface area contributed by atoms with Crippen molar-refractivity contribution in [2.24, 2.45) is 21.7 Å². The van der Waals surface area contributed by atoms with E-state index in [0.717, 1.165) is 65.7 Å². The van der Waals surface area contributed by atoms with Gasteiger partial charge in [-0.25, -0.2) is 0 Å². The fourth-order valence-corrected chi connectivity index (χ4v) is 4.02. The minimum Gasteiger partial charge on any atom is -0.380 e. The molecule has 212 valence electrons. The molecule has 0 aromatic rings. The molecule has 0 aromatic carbocycles. The third-order valence-corrected chi connectivity index (χ3v) is 7.32. The molecule has 0 spiro atoms. The van der Waals surface area contributed by atoms with Gasteiger partial charge in [0.05, 0.1) is 79.3 Å². The van der Waals surface area contributed by atoms with Gasteiger partial charge in [-0.2, -0.15) is 0 Å². The number of ether oxygens (including phenoxy) is 10. The molecule has 4 saturated heterocycles. The zero-order valence-corrected chi connectivity index (χ0v) is 22.8. The molecule has 4 fully saturated rings. The van der Waals surface area contributed by atoms with Crippen molar-refractivity contribution in [2.75, 3.05) is 106 Å². The maximum atomic E-state index is 5.52. The summed E-state index contributed by atoms with van der Waals surface area (Å²) in [6.07, 6.45) is 2.17. The van der Waals surface area contributed by atoms with Crippen LogP contribution in [0.2, 0.25) is 0 Å². The van der Waals surface area contributed by atoms with E-state index in [1.165, 1.54) is 0 Å². The van der Waals surface area contributed by atoms with Crippen LogP contribution in [0.5, 0.6) is 0 Å². The predicted octanol–water partition coefficient (Wildman–Crippen LogP) is 2.83. The summed E-state index contributed by atoms with van der Waals surface area (Å²) in [6.45, 7) is 18.9. The molecule has 0 aromatic heterocycles. The monoisotopic (exact) mass is 520 g/mol. The van der Waals surface area contributed by atoms with Crippen molar-refractivity contribution >= 4 is 0 Å². The standard InChI is InChI=1S/C14H26O5.C12H22O5/c1-3-13(5-15-6-13)9-17-11-19-12-18-10-14(4-2)7-16-8-14;1-11(3-13-4-11)7-15-9-17-10-16-8-12(2)5-14-6-12/h3-12H2,1-2H3;3-10H2,1-2H3. The van der Waals surface area contributed by atoms with Crippen LogP contribution >= 0.6 is 0 Å². The average Bonchev–Trinajstić information content (AvgIpc) is 2.79. The van der Waals surface area contributed by atoms with E-state index < -0.39 is 0 Å². The van der Waals surface area contributed by atoms with E-state index in [-0.39, 0.29) is 48.8 Å². The lowest BCUT2D eigenvalue weighted by Crippen LogP contribution is -2.46. The Balaban J connectivity index is 0.000000202. The van der Waals surface area contributed by atoms with Crippen LogP contribution < -0.4 is 0 Å². The van der Waals surface area contributed by atoms with Crippen LogP contribution in [-0.4, -0.2) is 106 Å². The second kappa shape index (κ2) is 14.7. The smallest absolute Gasteiger partial charge is 0.149 e. The molecule has 0 radical (unpaired) electrons. The Bertz CT molecular complexity index is 539. The van der Waals surface area contributed by atoms with E-state index in [2.05, 4.69) is 27.7 Å². The number of rotatable bonds is 18. The van der Waals surface area contributed by atoms with Gasteiger partial charge in [0.15, 0.2) is 0 Å². The molecule has 0 N–H and O–H groups in total. The molecule has 0 atom stereocenters. The Labute approximate surface area is 216 Å². The van der Waals surface area contributed by atoms with Gasteiger partial charge in [0.25, 0.3) is 0 Å². The van der Waals surface area contributed by atoms with Crippen LogP contribution in [0.15, 0.2) is 0 Å². The summed E-state index contributed by atoms with van der Waals surface area (Å²) in [5.74, 6) is 0. The Morgan fingerprint density at radius 3 is 0.972 bits per heavy atom. The zero-order valence-electron chi connectivity index (χ0n) is 22.8. The SMILES string of the molecule is CC1(COCOCOCC2(C)COC2)COC1.CCC1(COCOCOCC2(CC)COC2)COC1. The van der Waals surface area contributed by atoms with Crippen molar-refractivity contribution in [1.82, 2.24) is 0 Å². The largest absolute Gasteiger partial charge is 0.380 e. The van der Waals surface area contributed by atoms with E-state index in [1.807, 2.05) is 0 Å². The zero-order chi connectivity index (χ0) is 25.8. The summed E-state index contributed by atoms with van der Waals surface area (Å²) in [4.78, 5) is 0. The van der Waals surface area contributed by atoms with Crippen LogP contribution in [0.25, 0.3) is 0 Å². The Morgan fingerprint density at radius 2 is 0.750 bits per heavy atom. The van der Waals surface area contributed by atoms with Crippen molar-refractivity contribution in [2.45, 2.75) is 40.5 Å². The molecule has 10 nitrogen and oxygen atoms in total. The van der Waals surface area contributed by atoms with E-state index in [0.29, 0.717) is 26.4 Å². The molecule has 4 heterocycles. The van der Waals surface area contributed by atoms with E-state index in [4.69, 9.17) is 47.4 Å². The summed E-state index contributed by atoms with van der Waals surface area (Å²) < 4.78 is 53.2. The lowest BCUT2D eigenvalue weighted by Gasteiger charge is -2.40. The van der Waals surface area contributed by atoms with Crippen LogP contribution in [0.3, 0.4) is 0 Å². The van der Waals surface area contributed by atoms with Gasteiger partial charge in [-0.15, -0.1) is 0 Å². The Kier molecular flexibility index (Phi) is 12.3. The molecule has 0 amide bonds. The highest BCUT2D eigenvalue weighted by molar-refractivity contribution is 4.84. The highest BCUT2D eigenvalue weighted by Crippen LogP contribution is 2.32. The van der Waals surface area contributed by atoms with Gasteiger partial charge >= 0.3 is 0 Å². The fraction of sp³-hybridized carbons (Fsp3) is 1.00. The van der Waals surface area contributed by atoms with Crippen molar-refractivity contribution in [3.63, 3.8) is 0 Å². The summed E-state index contributed by atoms with van der Waals surface area (Å²) in [5, 5.41) is 0. The predicted molar refractivity (Wildman–Crippen MR) is 130 cm³/mol. The molecule has 4 aliphatic heterocycles. The summed E-state index contributed by atoms with van der Waals surface area (Å²) in [6, 6.07) is 0. The molecular formula is C26H48O10. The van der Waals surface area contributed by atoms with Crippen molar-refractivity contribution in [1.29, 1.82) is 0 Å². The molecule has 36 heavy (non-hydrogen) atoms.